The molecule has 0 radical (unpaired) electrons. The smallest absolute Gasteiger partial charge is 0.135 e. The average Bonchev–Trinajstić information content (AvgIpc) is 2.37. The van der Waals surface area contributed by atoms with Gasteiger partial charge in [0.2, 0.25) is 0 Å². The molecule has 1 aliphatic carbocycles. The van der Waals surface area contributed by atoms with Crippen molar-refractivity contribution in [2.45, 2.75) is 52.9 Å². The van der Waals surface area contributed by atoms with Crippen molar-refractivity contribution in [2.75, 3.05) is 29.9 Å². The number of rotatable bonds is 7. The number of hydrogen-bond donors (Lipinski definition) is 1. The van der Waals surface area contributed by atoms with Crippen molar-refractivity contribution in [1.82, 2.24) is 9.97 Å². The number of nitrogens with one attached hydrogen (secondary N) is 1. The van der Waals surface area contributed by atoms with Gasteiger partial charge in [0.15, 0.2) is 0 Å². The van der Waals surface area contributed by atoms with E-state index in [9.17, 15) is 0 Å². The summed E-state index contributed by atoms with van der Waals surface area (Å²) in [6.45, 7) is 11.6. The molecule has 0 aromatic carbocycles. The van der Waals surface area contributed by atoms with Crippen molar-refractivity contribution in [3.8, 4) is 0 Å². The van der Waals surface area contributed by atoms with E-state index < -0.39 is 0 Å². The fourth-order valence-electron chi connectivity index (χ4n) is 2.52. The third-order valence-electron chi connectivity index (χ3n) is 4.01. The lowest BCUT2D eigenvalue weighted by Crippen LogP contribution is -2.33. The fraction of sp³-hybridized carbons (Fsp3) is 0.750. The highest BCUT2D eigenvalue weighted by Crippen LogP contribution is 2.29. The average molecular weight is 276 g/mol. The first kappa shape index (κ1) is 15.1. The summed E-state index contributed by atoms with van der Waals surface area (Å²) in [6, 6.07) is 2.09. The van der Waals surface area contributed by atoms with E-state index in [1.54, 1.807) is 0 Å². The van der Waals surface area contributed by atoms with Crippen LogP contribution < -0.4 is 10.2 Å². The van der Waals surface area contributed by atoms with E-state index >= 15 is 0 Å². The molecule has 4 heteroatoms. The Hall–Kier alpha value is -1.32. The van der Waals surface area contributed by atoms with Gasteiger partial charge in [0.1, 0.15) is 17.5 Å². The predicted octanol–water partition coefficient (Wildman–Crippen LogP) is 3.66. The molecular formula is C16H28N4. The van der Waals surface area contributed by atoms with Crippen LogP contribution in [0, 0.1) is 5.92 Å². The Balaban J connectivity index is 2.21. The van der Waals surface area contributed by atoms with Crippen LogP contribution in [0.3, 0.4) is 0 Å². The highest BCUT2D eigenvalue weighted by molar-refractivity contribution is 5.49. The van der Waals surface area contributed by atoms with Gasteiger partial charge in [-0.05, 0) is 32.6 Å². The second-order valence-corrected chi connectivity index (χ2v) is 5.99. The maximum absolute atomic E-state index is 4.77. The summed E-state index contributed by atoms with van der Waals surface area (Å²) in [6.07, 6.45) is 4.14. The standard InChI is InChI=1S/C16H28N4/c1-5-17-14-10-15(19-16(18-14)12(3)4)20(6-2)11-13-8-7-9-13/h10,12-13H,5-9,11H2,1-4H3,(H,17,18,19). The summed E-state index contributed by atoms with van der Waals surface area (Å²) in [5.74, 6) is 4.18. The molecule has 0 spiro atoms. The number of hydrogen-bond acceptors (Lipinski definition) is 4. The van der Waals surface area contributed by atoms with Crippen LogP contribution in [-0.2, 0) is 0 Å². The predicted molar refractivity (Wildman–Crippen MR) is 85.5 cm³/mol. The fourth-order valence-corrected chi connectivity index (χ4v) is 2.52. The normalized spacial score (nSPS) is 15.2. The van der Waals surface area contributed by atoms with Crippen molar-refractivity contribution in [2.24, 2.45) is 5.92 Å². The van der Waals surface area contributed by atoms with Gasteiger partial charge in [-0.25, -0.2) is 9.97 Å². The van der Waals surface area contributed by atoms with Crippen LogP contribution in [0.5, 0.6) is 0 Å². The summed E-state index contributed by atoms with van der Waals surface area (Å²) in [4.78, 5) is 11.8. The van der Waals surface area contributed by atoms with Crippen molar-refractivity contribution in [1.29, 1.82) is 0 Å². The number of aromatic nitrogens is 2. The van der Waals surface area contributed by atoms with Gasteiger partial charge >= 0.3 is 0 Å². The van der Waals surface area contributed by atoms with Gasteiger partial charge in [0, 0.05) is 31.6 Å². The van der Waals surface area contributed by atoms with Crippen LogP contribution in [0.1, 0.15) is 58.7 Å². The Bertz CT molecular complexity index is 426. The Kier molecular flexibility index (Phi) is 5.21. The molecule has 0 aliphatic heterocycles. The first-order valence-electron chi connectivity index (χ1n) is 8.01. The summed E-state index contributed by atoms with van der Waals surface area (Å²) in [5, 5.41) is 3.33. The van der Waals surface area contributed by atoms with Crippen LogP contribution in [-0.4, -0.2) is 29.6 Å². The van der Waals surface area contributed by atoms with Gasteiger partial charge in [-0.1, -0.05) is 20.3 Å². The van der Waals surface area contributed by atoms with E-state index in [1.165, 1.54) is 19.3 Å². The minimum atomic E-state index is 0.356. The van der Waals surface area contributed by atoms with E-state index in [0.29, 0.717) is 5.92 Å². The van der Waals surface area contributed by atoms with E-state index in [-0.39, 0.29) is 0 Å². The molecule has 20 heavy (non-hydrogen) atoms. The first-order valence-corrected chi connectivity index (χ1v) is 8.01. The highest BCUT2D eigenvalue weighted by atomic mass is 15.2. The largest absolute Gasteiger partial charge is 0.370 e. The molecule has 1 heterocycles. The zero-order valence-corrected chi connectivity index (χ0v) is 13.3. The molecule has 0 unspecified atom stereocenters. The molecule has 0 atom stereocenters. The quantitative estimate of drug-likeness (QED) is 0.825. The SMILES string of the molecule is CCNc1cc(N(CC)CC2CCC2)nc(C(C)C)n1. The van der Waals surface area contributed by atoms with Crippen molar-refractivity contribution in [3.05, 3.63) is 11.9 Å². The monoisotopic (exact) mass is 276 g/mol. The third kappa shape index (κ3) is 3.62. The Morgan fingerprint density at radius 2 is 2.05 bits per heavy atom. The van der Waals surface area contributed by atoms with E-state index in [0.717, 1.165) is 43.0 Å². The van der Waals surface area contributed by atoms with E-state index in [2.05, 4.69) is 49.0 Å². The maximum atomic E-state index is 4.77. The second kappa shape index (κ2) is 6.91. The summed E-state index contributed by atoms with van der Waals surface area (Å²) in [5.41, 5.74) is 0. The summed E-state index contributed by atoms with van der Waals surface area (Å²) in [7, 11) is 0. The van der Waals surface area contributed by atoms with Gasteiger partial charge in [-0.15, -0.1) is 0 Å². The lowest BCUT2D eigenvalue weighted by molar-refractivity contribution is 0.318. The molecule has 1 fully saturated rings. The Labute approximate surface area is 123 Å². The third-order valence-corrected chi connectivity index (χ3v) is 4.01. The maximum Gasteiger partial charge on any atom is 0.135 e. The van der Waals surface area contributed by atoms with Crippen LogP contribution >= 0.6 is 0 Å². The summed E-state index contributed by atoms with van der Waals surface area (Å²) < 4.78 is 0. The molecule has 4 nitrogen and oxygen atoms in total. The van der Waals surface area contributed by atoms with Gasteiger partial charge in [0.05, 0.1) is 0 Å². The molecule has 1 aliphatic rings. The molecule has 1 saturated carbocycles. The van der Waals surface area contributed by atoms with Crippen molar-refractivity contribution in [3.63, 3.8) is 0 Å². The van der Waals surface area contributed by atoms with Crippen LogP contribution in [0.25, 0.3) is 0 Å². The zero-order valence-electron chi connectivity index (χ0n) is 13.3. The highest BCUT2D eigenvalue weighted by Gasteiger charge is 2.21. The molecule has 112 valence electrons. The molecule has 0 saturated heterocycles. The number of nitrogens with zero attached hydrogens (tertiary/aromatic N) is 3. The summed E-state index contributed by atoms with van der Waals surface area (Å²) >= 11 is 0. The zero-order chi connectivity index (χ0) is 14.5. The molecule has 1 N–H and O–H groups in total. The minimum absolute atomic E-state index is 0.356. The Morgan fingerprint density at radius 1 is 1.30 bits per heavy atom. The first-order chi connectivity index (χ1) is 9.63. The minimum Gasteiger partial charge on any atom is -0.370 e. The van der Waals surface area contributed by atoms with Crippen molar-refractivity contribution < 1.29 is 0 Å². The molecular weight excluding hydrogens is 248 g/mol. The molecule has 1 aromatic heterocycles. The van der Waals surface area contributed by atoms with E-state index in [1.807, 2.05) is 0 Å². The van der Waals surface area contributed by atoms with Gasteiger partial charge in [-0.2, -0.15) is 0 Å². The van der Waals surface area contributed by atoms with Crippen molar-refractivity contribution >= 4 is 11.6 Å². The molecule has 1 aromatic rings. The lowest BCUT2D eigenvalue weighted by Gasteiger charge is -2.32. The van der Waals surface area contributed by atoms with E-state index in [4.69, 9.17) is 4.98 Å². The molecule has 2 rings (SSSR count). The van der Waals surface area contributed by atoms with Crippen LogP contribution in [0.2, 0.25) is 0 Å². The van der Waals surface area contributed by atoms with Crippen LogP contribution in [0.4, 0.5) is 11.6 Å². The number of anilines is 2. The molecule has 0 amide bonds. The lowest BCUT2D eigenvalue weighted by atomic mass is 9.85. The van der Waals surface area contributed by atoms with Gasteiger partial charge < -0.3 is 10.2 Å². The van der Waals surface area contributed by atoms with Crippen LogP contribution in [0.15, 0.2) is 6.07 Å². The Morgan fingerprint density at radius 3 is 2.55 bits per heavy atom. The molecule has 0 bridgehead atoms. The van der Waals surface area contributed by atoms with Gasteiger partial charge in [-0.3, -0.25) is 0 Å². The topological polar surface area (TPSA) is 41.0 Å². The van der Waals surface area contributed by atoms with Gasteiger partial charge in [0.25, 0.3) is 0 Å². The second-order valence-electron chi connectivity index (χ2n) is 5.99.